The zero-order valence-corrected chi connectivity index (χ0v) is 8.55. The van der Waals surface area contributed by atoms with Crippen LogP contribution in [-0.4, -0.2) is 11.9 Å². The van der Waals surface area contributed by atoms with Gasteiger partial charge in [-0.15, -0.1) is 0 Å². The first kappa shape index (κ1) is 10.1. The lowest BCUT2D eigenvalue weighted by Crippen LogP contribution is -2.39. The molecular formula is C11H17NO. The number of carbonyl (C=O) groups excluding carboxylic acids is 1. The quantitative estimate of drug-likeness (QED) is 0.608. The van der Waals surface area contributed by atoms with Gasteiger partial charge in [0.25, 0.3) is 5.91 Å². The van der Waals surface area contributed by atoms with Gasteiger partial charge in [-0.1, -0.05) is 19.8 Å². The third kappa shape index (κ3) is 2.48. The Morgan fingerprint density at radius 2 is 1.85 bits per heavy atom. The fourth-order valence-corrected chi connectivity index (χ4v) is 2.03. The SMILES string of the molecule is CC#CC(=O)NC1C(C)CCC1C. The average molecular weight is 179 g/mol. The van der Waals surface area contributed by atoms with Gasteiger partial charge in [-0.3, -0.25) is 4.79 Å². The van der Waals surface area contributed by atoms with Gasteiger partial charge in [-0.05, 0) is 37.5 Å². The molecule has 1 amide bonds. The molecule has 2 unspecified atom stereocenters. The standard InChI is InChI=1S/C11H17NO/c1-4-5-10(13)12-11-8(2)6-7-9(11)3/h8-9,11H,6-7H2,1-3H3,(H,12,13). The first-order chi connectivity index (χ1) is 6.15. The van der Waals surface area contributed by atoms with Gasteiger partial charge in [0.2, 0.25) is 0 Å². The van der Waals surface area contributed by atoms with Crippen LogP contribution in [0.15, 0.2) is 0 Å². The number of rotatable bonds is 1. The minimum absolute atomic E-state index is 0.131. The van der Waals surface area contributed by atoms with E-state index in [0.29, 0.717) is 17.9 Å². The van der Waals surface area contributed by atoms with E-state index in [4.69, 9.17) is 0 Å². The average Bonchev–Trinajstić information content (AvgIpc) is 2.36. The van der Waals surface area contributed by atoms with Crippen LogP contribution in [0.1, 0.15) is 33.6 Å². The molecule has 0 bridgehead atoms. The molecule has 1 aliphatic carbocycles. The predicted octanol–water partition coefficient (Wildman–Crippen LogP) is 1.56. The van der Waals surface area contributed by atoms with E-state index < -0.39 is 0 Å². The van der Waals surface area contributed by atoms with E-state index in [1.807, 2.05) is 0 Å². The van der Waals surface area contributed by atoms with Crippen molar-refractivity contribution in [2.75, 3.05) is 0 Å². The maximum absolute atomic E-state index is 11.2. The lowest BCUT2D eigenvalue weighted by molar-refractivity contribution is -0.116. The maximum Gasteiger partial charge on any atom is 0.296 e. The van der Waals surface area contributed by atoms with E-state index in [1.165, 1.54) is 12.8 Å². The van der Waals surface area contributed by atoms with Crippen LogP contribution >= 0.6 is 0 Å². The first-order valence-corrected chi connectivity index (χ1v) is 4.88. The van der Waals surface area contributed by atoms with Crippen LogP contribution in [0.5, 0.6) is 0 Å². The summed E-state index contributed by atoms with van der Waals surface area (Å²) in [4.78, 5) is 11.2. The van der Waals surface area contributed by atoms with Crippen molar-refractivity contribution < 1.29 is 4.79 Å². The van der Waals surface area contributed by atoms with Crippen LogP contribution in [0.4, 0.5) is 0 Å². The zero-order valence-electron chi connectivity index (χ0n) is 8.55. The second-order valence-corrected chi connectivity index (χ2v) is 3.91. The Labute approximate surface area is 80.1 Å². The fraction of sp³-hybridized carbons (Fsp3) is 0.727. The van der Waals surface area contributed by atoms with Gasteiger partial charge in [-0.2, -0.15) is 0 Å². The summed E-state index contributed by atoms with van der Waals surface area (Å²) in [5.41, 5.74) is 0. The normalized spacial score (nSPS) is 32.1. The molecule has 2 atom stereocenters. The van der Waals surface area contributed by atoms with Crippen LogP contribution in [0.25, 0.3) is 0 Å². The molecule has 0 aromatic heterocycles. The van der Waals surface area contributed by atoms with Gasteiger partial charge in [-0.25, -0.2) is 0 Å². The van der Waals surface area contributed by atoms with Crippen molar-refractivity contribution in [2.24, 2.45) is 11.8 Å². The highest BCUT2D eigenvalue weighted by molar-refractivity contribution is 5.93. The minimum Gasteiger partial charge on any atom is -0.342 e. The molecular weight excluding hydrogens is 162 g/mol. The predicted molar refractivity (Wildman–Crippen MR) is 52.9 cm³/mol. The Hall–Kier alpha value is -0.970. The Kier molecular flexibility index (Phi) is 3.36. The summed E-state index contributed by atoms with van der Waals surface area (Å²) in [7, 11) is 0. The molecule has 0 radical (unpaired) electrons. The van der Waals surface area contributed by atoms with Gasteiger partial charge < -0.3 is 5.32 Å². The summed E-state index contributed by atoms with van der Waals surface area (Å²) in [6, 6.07) is 0.327. The maximum atomic E-state index is 11.2. The topological polar surface area (TPSA) is 29.1 Å². The Morgan fingerprint density at radius 3 is 2.31 bits per heavy atom. The molecule has 0 spiro atoms. The molecule has 0 saturated heterocycles. The molecule has 1 N–H and O–H groups in total. The van der Waals surface area contributed by atoms with E-state index in [-0.39, 0.29) is 5.91 Å². The van der Waals surface area contributed by atoms with E-state index in [9.17, 15) is 4.79 Å². The van der Waals surface area contributed by atoms with Crippen LogP contribution in [0.2, 0.25) is 0 Å². The van der Waals surface area contributed by atoms with Gasteiger partial charge in [0.05, 0.1) is 0 Å². The van der Waals surface area contributed by atoms with Crippen molar-refractivity contribution in [2.45, 2.75) is 39.7 Å². The zero-order chi connectivity index (χ0) is 9.84. The smallest absolute Gasteiger partial charge is 0.296 e. The molecule has 1 rings (SSSR count). The molecule has 1 aliphatic rings. The minimum atomic E-state index is -0.131. The molecule has 0 aromatic carbocycles. The van der Waals surface area contributed by atoms with Crippen LogP contribution in [0.3, 0.4) is 0 Å². The van der Waals surface area contributed by atoms with E-state index in [0.717, 1.165) is 0 Å². The molecule has 0 heterocycles. The highest BCUT2D eigenvalue weighted by atomic mass is 16.1. The lowest BCUT2D eigenvalue weighted by Gasteiger charge is -2.19. The fourth-order valence-electron chi connectivity index (χ4n) is 2.03. The van der Waals surface area contributed by atoms with Gasteiger partial charge in [0, 0.05) is 6.04 Å². The Bertz CT molecular complexity index is 239. The van der Waals surface area contributed by atoms with Crippen LogP contribution < -0.4 is 5.32 Å². The third-order valence-corrected chi connectivity index (χ3v) is 2.84. The highest BCUT2D eigenvalue weighted by Gasteiger charge is 2.30. The molecule has 2 heteroatoms. The first-order valence-electron chi connectivity index (χ1n) is 4.88. The molecule has 2 nitrogen and oxygen atoms in total. The summed E-state index contributed by atoms with van der Waals surface area (Å²) in [5, 5.41) is 2.97. The molecule has 0 aliphatic heterocycles. The summed E-state index contributed by atoms with van der Waals surface area (Å²) >= 11 is 0. The van der Waals surface area contributed by atoms with Crippen molar-refractivity contribution in [3.8, 4) is 11.8 Å². The van der Waals surface area contributed by atoms with E-state index >= 15 is 0 Å². The summed E-state index contributed by atoms with van der Waals surface area (Å²) in [5.74, 6) is 6.18. The second-order valence-electron chi connectivity index (χ2n) is 3.91. The number of carbonyl (C=O) groups is 1. The van der Waals surface area contributed by atoms with Crippen LogP contribution in [0, 0.1) is 23.7 Å². The van der Waals surface area contributed by atoms with Crippen molar-refractivity contribution in [1.29, 1.82) is 0 Å². The highest BCUT2D eigenvalue weighted by Crippen LogP contribution is 2.30. The van der Waals surface area contributed by atoms with Crippen molar-refractivity contribution in [3.05, 3.63) is 0 Å². The molecule has 0 aromatic rings. The van der Waals surface area contributed by atoms with Crippen molar-refractivity contribution in [1.82, 2.24) is 5.32 Å². The monoisotopic (exact) mass is 179 g/mol. The summed E-state index contributed by atoms with van der Waals surface area (Å²) in [6.07, 6.45) is 2.43. The number of amides is 1. The summed E-state index contributed by atoms with van der Waals surface area (Å²) < 4.78 is 0. The number of nitrogens with one attached hydrogen (secondary N) is 1. The van der Waals surface area contributed by atoms with Crippen LogP contribution in [-0.2, 0) is 4.79 Å². The molecule has 13 heavy (non-hydrogen) atoms. The second kappa shape index (κ2) is 4.32. The molecule has 1 saturated carbocycles. The van der Waals surface area contributed by atoms with Gasteiger partial charge in [0.1, 0.15) is 0 Å². The largest absolute Gasteiger partial charge is 0.342 e. The van der Waals surface area contributed by atoms with Gasteiger partial charge >= 0.3 is 0 Å². The third-order valence-electron chi connectivity index (χ3n) is 2.84. The lowest BCUT2D eigenvalue weighted by atomic mass is 10.0. The Balaban J connectivity index is 2.50. The van der Waals surface area contributed by atoms with Gasteiger partial charge in [0.15, 0.2) is 0 Å². The van der Waals surface area contributed by atoms with Crippen molar-refractivity contribution >= 4 is 5.91 Å². The van der Waals surface area contributed by atoms with E-state index in [2.05, 4.69) is 31.0 Å². The number of hydrogen-bond acceptors (Lipinski definition) is 1. The van der Waals surface area contributed by atoms with E-state index in [1.54, 1.807) is 6.92 Å². The van der Waals surface area contributed by atoms with Crippen molar-refractivity contribution in [3.63, 3.8) is 0 Å². The molecule has 72 valence electrons. The molecule has 1 fully saturated rings. The Morgan fingerprint density at radius 1 is 1.31 bits per heavy atom. The summed E-state index contributed by atoms with van der Waals surface area (Å²) in [6.45, 7) is 6.06. The number of hydrogen-bond donors (Lipinski definition) is 1.